The van der Waals surface area contributed by atoms with E-state index in [1.807, 2.05) is 13.1 Å². The summed E-state index contributed by atoms with van der Waals surface area (Å²) in [4.78, 5) is 0. The number of fused-ring (bicyclic) bond motifs is 2. The molecule has 0 aromatic rings. The van der Waals surface area contributed by atoms with E-state index in [0.717, 1.165) is 5.92 Å². The van der Waals surface area contributed by atoms with Gasteiger partial charge in [-0.25, -0.2) is 0 Å². The highest BCUT2D eigenvalue weighted by Gasteiger charge is 2.55. The maximum Gasteiger partial charge on any atom is 0.247 e. The van der Waals surface area contributed by atoms with E-state index in [1.54, 1.807) is 0 Å². The van der Waals surface area contributed by atoms with Gasteiger partial charge in [0.05, 0.1) is 0 Å². The molecule has 2 bridgehead atoms. The average Bonchev–Trinajstić information content (AvgIpc) is 2.42. The van der Waals surface area contributed by atoms with Crippen molar-refractivity contribution in [1.29, 1.82) is 0 Å². The van der Waals surface area contributed by atoms with Crippen LogP contribution in [0.2, 0.25) is 18.1 Å². The molecule has 0 spiro atoms. The van der Waals surface area contributed by atoms with Crippen LogP contribution in [0.25, 0.3) is 0 Å². The van der Waals surface area contributed by atoms with Crippen molar-refractivity contribution < 1.29 is 4.11 Å². The van der Waals surface area contributed by atoms with Gasteiger partial charge < -0.3 is 4.11 Å². The van der Waals surface area contributed by atoms with E-state index in [9.17, 15) is 4.11 Å². The molecule has 0 aliphatic heterocycles. The lowest BCUT2D eigenvalue weighted by Gasteiger charge is -2.34. The molecule has 2 rings (SSSR count). The molecule has 0 atom stereocenters. The lowest BCUT2D eigenvalue weighted by atomic mass is 10.0. The predicted octanol–water partition coefficient (Wildman–Crippen LogP) is 3.50. The summed E-state index contributed by atoms with van der Waals surface area (Å²) in [7, 11) is -2.33. The van der Waals surface area contributed by atoms with E-state index in [1.165, 1.54) is 32.1 Å². The molecular formula is C9H17FSi. The van der Waals surface area contributed by atoms with Crippen molar-refractivity contribution in [3.8, 4) is 0 Å². The van der Waals surface area contributed by atoms with Crippen molar-refractivity contribution in [2.24, 2.45) is 5.92 Å². The van der Waals surface area contributed by atoms with Crippen molar-refractivity contribution in [2.75, 3.05) is 0 Å². The van der Waals surface area contributed by atoms with Crippen molar-refractivity contribution in [3.05, 3.63) is 0 Å². The van der Waals surface area contributed by atoms with E-state index in [4.69, 9.17) is 0 Å². The Labute approximate surface area is 69.4 Å². The molecule has 2 fully saturated rings. The Balaban J connectivity index is 2.23. The largest absolute Gasteiger partial charge is 0.314 e. The predicted molar refractivity (Wildman–Crippen MR) is 47.9 cm³/mol. The van der Waals surface area contributed by atoms with Gasteiger partial charge in [-0.3, -0.25) is 0 Å². The van der Waals surface area contributed by atoms with Crippen molar-refractivity contribution in [3.63, 3.8) is 0 Å². The highest BCUT2D eigenvalue weighted by atomic mass is 28.4. The number of halogens is 1. The molecule has 11 heavy (non-hydrogen) atoms. The zero-order chi connectivity index (χ0) is 8.11. The maximum atomic E-state index is 13.9. The molecule has 64 valence electrons. The third-order valence-electron chi connectivity index (χ3n) is 4.00. The zero-order valence-electron chi connectivity index (χ0n) is 7.49. The molecule has 0 heterocycles. The molecule has 0 nitrogen and oxygen atoms in total. The number of hydrogen-bond donors (Lipinski definition) is 0. The van der Waals surface area contributed by atoms with E-state index >= 15 is 0 Å². The topological polar surface area (TPSA) is 0 Å². The van der Waals surface area contributed by atoms with Gasteiger partial charge in [0.2, 0.25) is 8.41 Å². The number of hydrogen-bond acceptors (Lipinski definition) is 0. The van der Waals surface area contributed by atoms with Gasteiger partial charge in [-0.1, -0.05) is 12.8 Å². The summed E-state index contributed by atoms with van der Waals surface area (Å²) in [6.07, 6.45) is 6.27. The van der Waals surface area contributed by atoms with Gasteiger partial charge in [0.15, 0.2) is 0 Å². The van der Waals surface area contributed by atoms with Crippen LogP contribution in [0.1, 0.15) is 32.1 Å². The summed E-state index contributed by atoms with van der Waals surface area (Å²) in [5.41, 5.74) is 0. The molecule has 2 saturated carbocycles. The molecule has 0 aromatic heterocycles. The first-order valence-corrected chi connectivity index (χ1v) is 7.60. The molecule has 0 N–H and O–H groups in total. The molecule has 0 aromatic carbocycles. The van der Waals surface area contributed by atoms with Crippen LogP contribution < -0.4 is 0 Å². The van der Waals surface area contributed by atoms with Crippen molar-refractivity contribution in [1.82, 2.24) is 0 Å². The Morgan fingerprint density at radius 3 is 2.00 bits per heavy atom. The summed E-state index contributed by atoms with van der Waals surface area (Å²) in [5.74, 6) is 0.900. The van der Waals surface area contributed by atoms with Gasteiger partial charge in [-0.2, -0.15) is 0 Å². The minimum atomic E-state index is -2.33. The minimum Gasteiger partial charge on any atom is -0.314 e. The second-order valence-corrected chi connectivity index (χ2v) is 8.91. The smallest absolute Gasteiger partial charge is 0.247 e. The molecule has 0 amide bonds. The third kappa shape index (κ3) is 0.985. The highest BCUT2D eigenvalue weighted by Crippen LogP contribution is 2.64. The molecule has 2 heteroatoms. The van der Waals surface area contributed by atoms with Crippen LogP contribution in [-0.2, 0) is 0 Å². The molecule has 2 aliphatic carbocycles. The minimum absolute atomic E-state index is 0.220. The van der Waals surface area contributed by atoms with Gasteiger partial charge in [0.1, 0.15) is 0 Å². The van der Waals surface area contributed by atoms with Crippen LogP contribution in [0, 0.1) is 5.92 Å². The van der Waals surface area contributed by atoms with E-state index < -0.39 is 8.41 Å². The van der Waals surface area contributed by atoms with Gasteiger partial charge in [-0.05, 0) is 43.3 Å². The Hall–Kier alpha value is 0.147. The first kappa shape index (κ1) is 7.78. The normalized spacial score (nSPS) is 43.4. The Kier molecular flexibility index (Phi) is 1.48. The van der Waals surface area contributed by atoms with Gasteiger partial charge >= 0.3 is 0 Å². The molecule has 0 radical (unpaired) electrons. The van der Waals surface area contributed by atoms with E-state index in [-0.39, 0.29) is 5.04 Å². The van der Waals surface area contributed by atoms with Gasteiger partial charge in [-0.15, -0.1) is 0 Å². The fraction of sp³-hybridized carbons (Fsp3) is 1.00. The summed E-state index contributed by atoms with van der Waals surface area (Å²) < 4.78 is 13.9. The Morgan fingerprint density at radius 1 is 1.27 bits per heavy atom. The first-order valence-electron chi connectivity index (χ1n) is 4.72. The lowest BCUT2D eigenvalue weighted by Crippen LogP contribution is -2.35. The van der Waals surface area contributed by atoms with E-state index in [2.05, 4.69) is 0 Å². The zero-order valence-corrected chi connectivity index (χ0v) is 8.49. The quantitative estimate of drug-likeness (QED) is 0.419. The standard InChI is InChI=1S/C9H17FSi/c1-11(2,10)9-5-3-8(7-9)4-6-9/h8H,3-7H2,1-2H3. The monoisotopic (exact) mass is 172 g/mol. The summed E-state index contributed by atoms with van der Waals surface area (Å²) in [6, 6.07) is 0. The average molecular weight is 172 g/mol. The molecular weight excluding hydrogens is 155 g/mol. The summed E-state index contributed by atoms with van der Waals surface area (Å²) >= 11 is 0. The molecule has 0 unspecified atom stereocenters. The van der Waals surface area contributed by atoms with E-state index in [0.29, 0.717) is 0 Å². The SMILES string of the molecule is C[Si](C)(F)C12CCC(CC1)C2. The highest BCUT2D eigenvalue weighted by molar-refractivity contribution is 6.73. The second kappa shape index (κ2) is 2.09. The Bertz CT molecular complexity index is 163. The van der Waals surface area contributed by atoms with Crippen LogP contribution in [-0.4, -0.2) is 8.41 Å². The van der Waals surface area contributed by atoms with Gasteiger partial charge in [0.25, 0.3) is 0 Å². The summed E-state index contributed by atoms with van der Waals surface area (Å²) in [6.45, 7) is 3.81. The third-order valence-corrected chi connectivity index (χ3v) is 7.23. The van der Waals surface area contributed by atoms with Crippen LogP contribution >= 0.6 is 0 Å². The van der Waals surface area contributed by atoms with Crippen molar-refractivity contribution in [2.45, 2.75) is 50.2 Å². The fourth-order valence-electron chi connectivity index (χ4n) is 3.03. The van der Waals surface area contributed by atoms with Crippen molar-refractivity contribution >= 4 is 8.41 Å². The fourth-order valence-corrected chi connectivity index (χ4v) is 5.28. The summed E-state index contributed by atoms with van der Waals surface area (Å²) in [5, 5.41) is 0.220. The first-order chi connectivity index (χ1) is 5.04. The van der Waals surface area contributed by atoms with Crippen LogP contribution in [0.5, 0.6) is 0 Å². The number of rotatable bonds is 1. The van der Waals surface area contributed by atoms with Crippen LogP contribution in [0.15, 0.2) is 0 Å². The van der Waals surface area contributed by atoms with Gasteiger partial charge in [0, 0.05) is 0 Å². The van der Waals surface area contributed by atoms with Crippen LogP contribution in [0.4, 0.5) is 4.11 Å². The Morgan fingerprint density at radius 2 is 1.82 bits per heavy atom. The molecule has 0 saturated heterocycles. The van der Waals surface area contributed by atoms with Crippen LogP contribution in [0.3, 0.4) is 0 Å². The molecule has 2 aliphatic rings. The lowest BCUT2D eigenvalue weighted by molar-refractivity contribution is 0.462. The maximum absolute atomic E-state index is 13.9. The second-order valence-electron chi connectivity index (χ2n) is 4.90.